The maximum Gasteiger partial charge on any atom is 0.346 e. The van der Waals surface area contributed by atoms with Crippen LogP contribution in [0.2, 0.25) is 0 Å². The number of hydrogen-bond donors (Lipinski definition) is 1. The fourth-order valence-corrected chi connectivity index (χ4v) is 8.85. The van der Waals surface area contributed by atoms with Crippen molar-refractivity contribution in [2.24, 2.45) is 0 Å². The number of thiophene rings is 1. The van der Waals surface area contributed by atoms with E-state index in [1.54, 1.807) is 6.07 Å². The Labute approximate surface area is 267 Å². The maximum atomic E-state index is 11.3. The Kier molecular flexibility index (Phi) is 6.34. The van der Waals surface area contributed by atoms with Crippen LogP contribution in [0.15, 0.2) is 103 Å². The molecule has 4 aromatic carbocycles. The van der Waals surface area contributed by atoms with E-state index in [4.69, 9.17) is 5.26 Å². The number of carboxylic acids is 1. The average Bonchev–Trinajstić information content (AvgIpc) is 3.83. The van der Waals surface area contributed by atoms with Crippen molar-refractivity contribution in [1.29, 1.82) is 5.26 Å². The van der Waals surface area contributed by atoms with Crippen LogP contribution in [0.5, 0.6) is 0 Å². The minimum Gasteiger partial charge on any atom is -0.477 e. The first kappa shape index (κ1) is 27.6. The Bertz CT molecular complexity index is 2080. The van der Waals surface area contributed by atoms with Crippen LogP contribution in [0.25, 0.3) is 38.8 Å². The van der Waals surface area contributed by atoms with Crippen molar-refractivity contribution in [2.75, 3.05) is 4.90 Å². The summed E-state index contributed by atoms with van der Waals surface area (Å²) in [7, 11) is 0. The molecule has 3 aliphatic rings. The van der Waals surface area contributed by atoms with Gasteiger partial charge in [-0.3, -0.25) is 0 Å². The Morgan fingerprint density at radius 1 is 0.889 bits per heavy atom. The van der Waals surface area contributed by atoms with E-state index in [9.17, 15) is 9.90 Å². The SMILES string of the molecule is CC1(C)c2cc(-c3ccc4c(c3)C3CCCC3N4c3ccccc3)ccc2-c2ccc(-c3ccc(/C=C(/C#N)C(=O)O)s3)cc21. The summed E-state index contributed by atoms with van der Waals surface area (Å²) >= 11 is 1.50. The smallest absolute Gasteiger partial charge is 0.346 e. The predicted octanol–water partition coefficient (Wildman–Crippen LogP) is 10.2. The Morgan fingerprint density at radius 2 is 1.58 bits per heavy atom. The van der Waals surface area contributed by atoms with Crippen LogP contribution in [0.4, 0.5) is 11.4 Å². The summed E-state index contributed by atoms with van der Waals surface area (Å²) in [4.78, 5) is 15.7. The van der Waals surface area contributed by atoms with E-state index in [-0.39, 0.29) is 11.0 Å². The predicted molar refractivity (Wildman–Crippen MR) is 183 cm³/mol. The second-order valence-electron chi connectivity index (χ2n) is 12.9. The Morgan fingerprint density at radius 3 is 2.31 bits per heavy atom. The monoisotopic (exact) mass is 604 g/mol. The molecule has 0 spiro atoms. The van der Waals surface area contributed by atoms with Gasteiger partial charge < -0.3 is 10.0 Å². The molecule has 5 aromatic rings. The second kappa shape index (κ2) is 10.3. The first-order valence-electron chi connectivity index (χ1n) is 15.6. The lowest BCUT2D eigenvalue weighted by atomic mass is 9.81. The third-order valence-electron chi connectivity index (χ3n) is 10.1. The van der Waals surface area contributed by atoms with E-state index in [0.717, 1.165) is 15.3 Å². The van der Waals surface area contributed by atoms with Gasteiger partial charge in [-0.15, -0.1) is 11.3 Å². The van der Waals surface area contributed by atoms with Gasteiger partial charge >= 0.3 is 5.97 Å². The molecule has 2 aliphatic carbocycles. The lowest BCUT2D eigenvalue weighted by Gasteiger charge is -2.27. The molecule has 1 aliphatic heterocycles. The number of para-hydroxylation sites is 1. The molecule has 0 bridgehead atoms. The van der Waals surface area contributed by atoms with Gasteiger partial charge in [0.15, 0.2) is 0 Å². The van der Waals surface area contributed by atoms with Crippen LogP contribution >= 0.6 is 11.3 Å². The van der Waals surface area contributed by atoms with E-state index in [0.29, 0.717) is 12.0 Å². The van der Waals surface area contributed by atoms with Crippen LogP contribution < -0.4 is 4.90 Å². The topological polar surface area (TPSA) is 64.3 Å². The minimum absolute atomic E-state index is 0.175. The highest BCUT2D eigenvalue weighted by molar-refractivity contribution is 7.16. The van der Waals surface area contributed by atoms with E-state index >= 15 is 0 Å². The summed E-state index contributed by atoms with van der Waals surface area (Å²) in [6, 6.07) is 37.8. The highest BCUT2D eigenvalue weighted by Crippen LogP contribution is 2.54. The lowest BCUT2D eigenvalue weighted by Crippen LogP contribution is -2.26. The third-order valence-corrected chi connectivity index (χ3v) is 11.2. The van der Waals surface area contributed by atoms with Gasteiger partial charge in [0.1, 0.15) is 11.6 Å². The van der Waals surface area contributed by atoms with Crippen LogP contribution in [-0.2, 0) is 10.2 Å². The van der Waals surface area contributed by atoms with Gasteiger partial charge in [-0.05, 0) is 112 Å². The summed E-state index contributed by atoms with van der Waals surface area (Å²) in [5, 5.41) is 18.4. The fourth-order valence-electron chi connectivity index (χ4n) is 7.90. The molecule has 2 atom stereocenters. The van der Waals surface area contributed by atoms with Crippen LogP contribution in [0, 0.1) is 11.3 Å². The number of aliphatic carboxylic acids is 1. The van der Waals surface area contributed by atoms with Crippen molar-refractivity contribution in [3.8, 4) is 38.8 Å². The number of carboxylic acid groups (broad SMARTS) is 1. The maximum absolute atomic E-state index is 11.3. The zero-order valence-electron chi connectivity index (χ0n) is 25.2. The summed E-state index contributed by atoms with van der Waals surface area (Å²) in [5.74, 6) is -0.627. The molecule has 45 heavy (non-hydrogen) atoms. The van der Waals surface area contributed by atoms with Crippen LogP contribution in [0.3, 0.4) is 0 Å². The molecule has 220 valence electrons. The van der Waals surface area contributed by atoms with Gasteiger partial charge in [-0.25, -0.2) is 4.79 Å². The quantitative estimate of drug-likeness (QED) is 0.160. The lowest BCUT2D eigenvalue weighted by molar-refractivity contribution is -0.132. The van der Waals surface area contributed by atoms with Gasteiger partial charge in [0.2, 0.25) is 0 Å². The molecule has 0 radical (unpaired) electrons. The summed E-state index contributed by atoms with van der Waals surface area (Å²) in [6.45, 7) is 4.62. The fraction of sp³-hybridized carbons (Fsp3) is 0.200. The largest absolute Gasteiger partial charge is 0.477 e. The van der Waals surface area contributed by atoms with Gasteiger partial charge in [0, 0.05) is 38.5 Å². The highest BCUT2D eigenvalue weighted by atomic mass is 32.1. The molecule has 0 amide bonds. The first-order valence-corrected chi connectivity index (χ1v) is 16.4. The third kappa shape index (κ3) is 4.35. The second-order valence-corrected chi connectivity index (χ2v) is 14.0. The molecule has 1 fully saturated rings. The minimum atomic E-state index is -1.21. The van der Waals surface area contributed by atoms with Crippen LogP contribution in [-0.4, -0.2) is 17.1 Å². The van der Waals surface area contributed by atoms with E-state index in [2.05, 4.69) is 104 Å². The number of anilines is 2. The number of benzene rings is 4. The number of nitrogens with zero attached hydrogens (tertiary/aromatic N) is 2. The number of hydrogen-bond acceptors (Lipinski definition) is 4. The molecule has 1 aromatic heterocycles. The molecule has 1 N–H and O–H groups in total. The van der Waals surface area contributed by atoms with Crippen molar-refractivity contribution in [1.82, 2.24) is 0 Å². The van der Waals surface area contributed by atoms with Crippen molar-refractivity contribution in [2.45, 2.75) is 50.5 Å². The van der Waals surface area contributed by atoms with Gasteiger partial charge in [-0.1, -0.05) is 68.8 Å². The van der Waals surface area contributed by atoms with Gasteiger partial charge in [0.05, 0.1) is 0 Å². The van der Waals surface area contributed by atoms with Crippen molar-refractivity contribution >= 4 is 34.8 Å². The molecular weight excluding hydrogens is 573 g/mol. The summed E-state index contributed by atoms with van der Waals surface area (Å²) in [5.41, 5.74) is 12.5. The summed E-state index contributed by atoms with van der Waals surface area (Å²) < 4.78 is 0. The highest BCUT2D eigenvalue weighted by Gasteiger charge is 2.42. The normalized spacial score (nSPS) is 19.0. The zero-order chi connectivity index (χ0) is 30.9. The number of fused-ring (bicyclic) bond motifs is 6. The summed E-state index contributed by atoms with van der Waals surface area (Å²) in [6.07, 6.45) is 5.21. The number of rotatable bonds is 5. The molecule has 2 unspecified atom stereocenters. The first-order chi connectivity index (χ1) is 21.8. The van der Waals surface area contributed by atoms with E-state index in [1.165, 1.54) is 87.0 Å². The van der Waals surface area contributed by atoms with Crippen LogP contribution in [0.1, 0.15) is 60.6 Å². The van der Waals surface area contributed by atoms with E-state index < -0.39 is 5.97 Å². The van der Waals surface area contributed by atoms with Gasteiger partial charge in [0.25, 0.3) is 0 Å². The Balaban J connectivity index is 1.13. The number of carbonyl (C=O) groups is 1. The molecule has 4 nitrogen and oxygen atoms in total. The average molecular weight is 605 g/mol. The molecule has 0 saturated heterocycles. The van der Waals surface area contributed by atoms with Gasteiger partial charge in [-0.2, -0.15) is 5.26 Å². The molecular formula is C40H32N2O2S. The molecule has 1 saturated carbocycles. The molecule has 5 heteroatoms. The standard InChI is InChI=1S/C40H32N2O2S/c1-40(2)34-21-25(24-13-17-37-33(20-24)32-9-6-10-36(32)42(37)28-7-4-3-5-8-28)11-15-30(34)31-16-12-26(22-35(31)40)38-18-14-29(45-38)19-27(23-41)39(43)44/h3-5,7-8,11-22,32,36H,6,9-10H2,1-2H3,(H,43,44)/b27-19-. The Hall–Kier alpha value is -4.92. The van der Waals surface area contributed by atoms with Crippen molar-refractivity contribution in [3.63, 3.8) is 0 Å². The zero-order valence-corrected chi connectivity index (χ0v) is 26.1. The van der Waals surface area contributed by atoms with E-state index in [1.807, 2.05) is 12.1 Å². The van der Waals surface area contributed by atoms with Crippen molar-refractivity contribution < 1.29 is 9.90 Å². The van der Waals surface area contributed by atoms with Crippen molar-refractivity contribution in [3.05, 3.63) is 124 Å². The molecule has 2 heterocycles. The number of nitriles is 1. The molecule has 8 rings (SSSR count).